The SMILES string of the molecule is C1=CC2[NH2+]C(c3cccc(C4=CC(c5cccc(C6N=C(C7=CCCC(c8cccc(-c9ccccc9)c8)=C7)c7ccccc7N6)c5)CC=C4)c3)N=C(c3ccc(-c4ccccc4)cc3)C2C=C1. The fourth-order valence-corrected chi connectivity index (χ4v) is 10.7. The zero-order valence-corrected chi connectivity index (χ0v) is 38.0. The normalized spacial score (nSPS) is 21.5. The van der Waals surface area contributed by atoms with Crippen molar-refractivity contribution in [3.05, 3.63) is 281 Å². The van der Waals surface area contributed by atoms with Gasteiger partial charge < -0.3 is 10.6 Å². The third kappa shape index (κ3) is 8.40. The molecule has 0 bridgehead atoms. The van der Waals surface area contributed by atoms with Crippen LogP contribution in [0.15, 0.2) is 252 Å². The maximum absolute atomic E-state index is 5.52. The Balaban J connectivity index is 0.814. The van der Waals surface area contributed by atoms with Gasteiger partial charge in [0.05, 0.1) is 17.3 Å². The number of benzene rings is 7. The number of rotatable bonds is 9. The molecule has 0 aromatic heterocycles. The van der Waals surface area contributed by atoms with E-state index >= 15 is 0 Å². The molecule has 328 valence electrons. The Kier molecular flexibility index (Phi) is 11.2. The van der Waals surface area contributed by atoms with Crippen LogP contribution in [-0.4, -0.2) is 17.5 Å². The van der Waals surface area contributed by atoms with Crippen LogP contribution in [0.25, 0.3) is 33.4 Å². The second kappa shape index (κ2) is 18.4. The van der Waals surface area contributed by atoms with Gasteiger partial charge in [-0.1, -0.05) is 206 Å². The molecule has 0 spiro atoms. The third-order valence-electron chi connectivity index (χ3n) is 14.2. The molecule has 2 aliphatic heterocycles. The number of nitrogens with two attached hydrogens (primary N) is 1. The number of aliphatic imine (C=N–C) groups is 2. The first-order valence-electron chi connectivity index (χ1n) is 24.2. The lowest BCUT2D eigenvalue weighted by molar-refractivity contribution is -0.723. The van der Waals surface area contributed by atoms with Crippen molar-refractivity contribution >= 4 is 28.3 Å². The van der Waals surface area contributed by atoms with Crippen molar-refractivity contribution in [3.63, 3.8) is 0 Å². The Labute approximate surface area is 400 Å². The zero-order chi connectivity index (χ0) is 45.2. The molecule has 0 amide bonds. The Morgan fingerprint density at radius 1 is 0.529 bits per heavy atom. The molecule has 0 saturated carbocycles. The van der Waals surface area contributed by atoms with E-state index in [1.165, 1.54) is 72.4 Å². The molecule has 0 fully saturated rings. The minimum atomic E-state index is -0.215. The molecule has 4 nitrogen and oxygen atoms in total. The molecule has 68 heavy (non-hydrogen) atoms. The summed E-state index contributed by atoms with van der Waals surface area (Å²) in [5.41, 5.74) is 20.5. The van der Waals surface area contributed by atoms with E-state index in [1.807, 2.05) is 0 Å². The summed E-state index contributed by atoms with van der Waals surface area (Å²) in [6.07, 6.45) is 23.5. The van der Waals surface area contributed by atoms with Crippen molar-refractivity contribution in [2.24, 2.45) is 15.9 Å². The second-order valence-electron chi connectivity index (χ2n) is 18.5. The van der Waals surface area contributed by atoms with Gasteiger partial charge in [0.1, 0.15) is 12.2 Å². The van der Waals surface area contributed by atoms with Crippen molar-refractivity contribution in [2.75, 3.05) is 5.32 Å². The fourth-order valence-electron chi connectivity index (χ4n) is 10.7. The molecule has 7 aromatic carbocycles. The standard InChI is InChI=1S/C64H52N4/c1-3-16-43(17-4-1)45-34-36-46(37-35-45)61-57-30-7-9-32-59(57)65-63(67-61)55-28-14-25-52(41-55)49-22-12-23-50(39-49)53-26-15-29-56(42-53)64-66-60-33-10-8-31-58(60)62(68-64)54-27-13-24-51(40-54)48-21-11-20-47(38-48)44-18-5-2-6-19-44/h1-12,14-22,25-42,50,57,59,63-66H,13,23-24H2/p+1. The summed E-state index contributed by atoms with van der Waals surface area (Å²) in [6, 6.07) is 66.2. The molecule has 12 rings (SSSR count). The highest BCUT2D eigenvalue weighted by Gasteiger charge is 2.36. The Morgan fingerprint density at radius 2 is 1.21 bits per heavy atom. The van der Waals surface area contributed by atoms with Gasteiger partial charge in [0.25, 0.3) is 0 Å². The van der Waals surface area contributed by atoms with Gasteiger partial charge in [-0.3, -0.25) is 4.99 Å². The largest absolute Gasteiger partial charge is 0.360 e. The Hall–Kier alpha value is -7.92. The van der Waals surface area contributed by atoms with Gasteiger partial charge in [0, 0.05) is 22.7 Å². The Morgan fingerprint density at radius 3 is 2.07 bits per heavy atom. The summed E-state index contributed by atoms with van der Waals surface area (Å²) in [6.45, 7) is 0. The van der Waals surface area contributed by atoms with E-state index in [1.54, 1.807) is 0 Å². The van der Waals surface area contributed by atoms with E-state index in [0.29, 0.717) is 0 Å². The van der Waals surface area contributed by atoms with Crippen LogP contribution in [0.3, 0.4) is 0 Å². The highest BCUT2D eigenvalue weighted by atomic mass is 15.1. The maximum Gasteiger partial charge on any atom is 0.206 e. The molecule has 5 atom stereocenters. The summed E-state index contributed by atoms with van der Waals surface area (Å²) in [5.74, 6) is 0.460. The van der Waals surface area contributed by atoms with Crippen molar-refractivity contribution in [3.8, 4) is 22.3 Å². The predicted octanol–water partition coefficient (Wildman–Crippen LogP) is 14.0. The van der Waals surface area contributed by atoms with Gasteiger partial charge in [0.15, 0.2) is 0 Å². The van der Waals surface area contributed by atoms with Gasteiger partial charge in [-0.15, -0.1) is 0 Å². The minimum absolute atomic E-state index is 0.0485. The number of allylic oxidation sites excluding steroid dienone is 10. The van der Waals surface area contributed by atoms with Crippen molar-refractivity contribution in [1.82, 2.24) is 0 Å². The van der Waals surface area contributed by atoms with Crippen LogP contribution in [0.2, 0.25) is 0 Å². The molecule has 5 unspecified atom stereocenters. The maximum atomic E-state index is 5.52. The van der Waals surface area contributed by atoms with Gasteiger partial charge in [0.2, 0.25) is 6.17 Å². The summed E-state index contributed by atoms with van der Waals surface area (Å²) >= 11 is 0. The lowest BCUT2D eigenvalue weighted by Crippen LogP contribution is -2.93. The van der Waals surface area contributed by atoms with E-state index in [2.05, 4.69) is 247 Å². The Bertz CT molecular complexity index is 3270. The summed E-state index contributed by atoms with van der Waals surface area (Å²) in [7, 11) is 0. The van der Waals surface area contributed by atoms with Crippen molar-refractivity contribution in [2.45, 2.75) is 43.6 Å². The van der Waals surface area contributed by atoms with Crippen LogP contribution in [-0.2, 0) is 0 Å². The van der Waals surface area contributed by atoms with Crippen LogP contribution in [0.1, 0.15) is 76.5 Å². The molecular formula is C64H53N4+. The molecule has 0 saturated heterocycles. The van der Waals surface area contributed by atoms with Crippen molar-refractivity contribution in [1.29, 1.82) is 0 Å². The highest BCUT2D eigenvalue weighted by molar-refractivity contribution is 6.19. The molecule has 5 aliphatic rings. The smallest absolute Gasteiger partial charge is 0.206 e. The summed E-state index contributed by atoms with van der Waals surface area (Å²) in [4.78, 5) is 11.0. The molecule has 0 radical (unpaired) electrons. The average Bonchev–Trinajstić information content (AvgIpc) is 3.43. The number of hydrogen-bond acceptors (Lipinski definition) is 3. The average molecular weight is 878 g/mol. The number of nitrogens with zero attached hydrogens (tertiary/aromatic N) is 2. The molecule has 2 heterocycles. The van der Waals surface area contributed by atoms with Crippen molar-refractivity contribution < 1.29 is 5.32 Å². The summed E-state index contributed by atoms with van der Waals surface area (Å²) < 4.78 is 0. The van der Waals surface area contributed by atoms with E-state index in [9.17, 15) is 0 Å². The minimum Gasteiger partial charge on any atom is -0.360 e. The van der Waals surface area contributed by atoms with E-state index in [4.69, 9.17) is 9.98 Å². The number of quaternary nitrogens is 1. The summed E-state index contributed by atoms with van der Waals surface area (Å²) in [5, 5.41) is 6.24. The molecule has 3 aliphatic carbocycles. The predicted molar refractivity (Wildman–Crippen MR) is 283 cm³/mol. The van der Waals surface area contributed by atoms with Gasteiger partial charge in [-0.2, -0.15) is 0 Å². The van der Waals surface area contributed by atoms with Crippen LogP contribution in [0.4, 0.5) is 5.69 Å². The zero-order valence-electron chi connectivity index (χ0n) is 38.0. The first-order valence-corrected chi connectivity index (χ1v) is 24.2. The van der Waals surface area contributed by atoms with Crippen LogP contribution in [0.5, 0.6) is 0 Å². The number of hydrogen-bond donors (Lipinski definition) is 2. The van der Waals surface area contributed by atoms with E-state index < -0.39 is 0 Å². The van der Waals surface area contributed by atoms with Gasteiger partial charge in [-0.25, -0.2) is 4.99 Å². The molecule has 4 heteroatoms. The van der Waals surface area contributed by atoms with E-state index in [-0.39, 0.29) is 30.2 Å². The highest BCUT2D eigenvalue weighted by Crippen LogP contribution is 2.39. The topological polar surface area (TPSA) is 53.4 Å². The monoisotopic (exact) mass is 877 g/mol. The lowest BCUT2D eigenvalue weighted by atomic mass is 9.84. The first-order chi connectivity index (χ1) is 33.7. The number of para-hydroxylation sites is 1. The quantitative estimate of drug-likeness (QED) is 0.149. The van der Waals surface area contributed by atoms with Gasteiger partial charge >= 0.3 is 0 Å². The number of nitrogens with one attached hydrogen (secondary N) is 1. The third-order valence-corrected chi connectivity index (χ3v) is 14.2. The first kappa shape index (κ1) is 41.5. The van der Waals surface area contributed by atoms with E-state index in [0.717, 1.165) is 41.9 Å². The number of anilines is 1. The molecule has 3 N–H and O–H groups in total. The van der Waals surface area contributed by atoms with Crippen LogP contribution < -0.4 is 10.6 Å². The van der Waals surface area contributed by atoms with Gasteiger partial charge in [-0.05, 0) is 116 Å². The fraction of sp³-hybridized carbons (Fsp3) is 0.125. The van der Waals surface area contributed by atoms with Crippen LogP contribution >= 0.6 is 0 Å². The lowest BCUT2D eigenvalue weighted by Gasteiger charge is -2.32. The second-order valence-corrected chi connectivity index (χ2v) is 18.5. The number of fused-ring (bicyclic) bond motifs is 2. The van der Waals surface area contributed by atoms with Crippen LogP contribution in [0, 0.1) is 5.92 Å². The molecular weight excluding hydrogens is 825 g/mol. The molecule has 7 aromatic rings.